The minimum atomic E-state index is -0.358. The molecular formula is C41H34B2I2N4O6P2. The van der Waals surface area contributed by atoms with Gasteiger partial charge in [-0.05, 0) is 66.1 Å². The van der Waals surface area contributed by atoms with Crippen LogP contribution in [-0.4, -0.2) is 56.5 Å². The molecule has 2 radical (unpaired) electrons. The highest BCUT2D eigenvalue weighted by Gasteiger charge is 2.41. The van der Waals surface area contributed by atoms with E-state index in [2.05, 4.69) is 67.5 Å². The molecule has 2 saturated heterocycles. The molecule has 2 aliphatic rings. The van der Waals surface area contributed by atoms with E-state index in [4.69, 9.17) is 0 Å². The summed E-state index contributed by atoms with van der Waals surface area (Å²) in [5.41, 5.74) is 4.27. The lowest BCUT2D eigenvalue weighted by Gasteiger charge is -2.18. The zero-order valence-corrected chi connectivity index (χ0v) is 36.5. The number of hydrogen-bond donors (Lipinski definition) is 2. The Morgan fingerprint density at radius 3 is 1.39 bits per heavy atom. The largest absolute Gasteiger partial charge is 0.322 e. The Kier molecular flexibility index (Phi) is 15.2. The molecule has 16 heteroatoms. The second-order valence-corrected chi connectivity index (χ2v) is 19.1. The maximum Gasteiger partial charge on any atom is 0.257 e. The summed E-state index contributed by atoms with van der Waals surface area (Å²) >= 11 is 4.18. The molecule has 4 unspecified atom stereocenters. The zero-order valence-electron chi connectivity index (χ0n) is 30.2. The molecule has 0 aromatic heterocycles. The molecule has 2 N–H and O–H groups in total. The molecule has 0 spiro atoms. The van der Waals surface area contributed by atoms with Crippen molar-refractivity contribution in [2.45, 2.75) is 30.6 Å². The molecule has 0 saturated carbocycles. The fourth-order valence-corrected chi connectivity index (χ4v) is 10.4. The number of carbonyl (C=O) groups is 6. The number of anilines is 4. The Morgan fingerprint density at radius 2 is 0.930 bits per heavy atom. The third kappa shape index (κ3) is 10.6. The van der Waals surface area contributed by atoms with Crippen molar-refractivity contribution >= 4 is 130 Å². The minimum Gasteiger partial charge on any atom is -0.322 e. The monoisotopic (exact) mass is 1020 g/mol. The van der Waals surface area contributed by atoms with Gasteiger partial charge in [0.05, 0.1) is 33.8 Å². The van der Waals surface area contributed by atoms with Crippen molar-refractivity contribution in [1.82, 2.24) is 0 Å². The highest BCUT2D eigenvalue weighted by Crippen LogP contribution is 2.36. The van der Waals surface area contributed by atoms with E-state index in [-0.39, 0.29) is 76.5 Å². The summed E-state index contributed by atoms with van der Waals surface area (Å²) in [6.45, 7) is 0. The van der Waals surface area contributed by atoms with E-state index < -0.39 is 0 Å². The summed E-state index contributed by atoms with van der Waals surface area (Å²) in [5, 5.41) is 5.68. The first kappa shape index (κ1) is 42.4. The Labute approximate surface area is 362 Å². The van der Waals surface area contributed by atoms with Crippen molar-refractivity contribution < 1.29 is 28.8 Å². The lowest BCUT2D eigenvalue weighted by molar-refractivity contribution is -0.122. The van der Waals surface area contributed by atoms with Crippen LogP contribution in [0.25, 0.3) is 0 Å². The van der Waals surface area contributed by atoms with Crippen LogP contribution in [0.5, 0.6) is 0 Å². The van der Waals surface area contributed by atoms with Gasteiger partial charge in [-0.25, -0.2) is 9.80 Å². The lowest BCUT2D eigenvalue weighted by Crippen LogP contribution is -2.33. The maximum absolute atomic E-state index is 13.0. The third-order valence-corrected chi connectivity index (χ3v) is 13.2. The van der Waals surface area contributed by atoms with Gasteiger partial charge < -0.3 is 10.6 Å². The van der Waals surface area contributed by atoms with Crippen LogP contribution in [-0.2, 0) is 25.6 Å². The van der Waals surface area contributed by atoms with Crippen molar-refractivity contribution in [1.29, 1.82) is 0 Å². The first-order valence-corrected chi connectivity index (χ1v) is 22.6. The van der Waals surface area contributed by atoms with Crippen LogP contribution in [0.1, 0.15) is 44.7 Å². The summed E-state index contributed by atoms with van der Waals surface area (Å²) in [6, 6.07) is 40.3. The van der Waals surface area contributed by atoms with Gasteiger partial charge in [-0.1, -0.05) is 84.9 Å². The molecular weight excluding hydrogens is 982 g/mol. The maximum atomic E-state index is 13.0. The van der Waals surface area contributed by atoms with Gasteiger partial charge in [0.15, 0.2) is 0 Å². The van der Waals surface area contributed by atoms with E-state index in [1.165, 1.54) is 5.56 Å². The average molecular weight is 1020 g/mol. The van der Waals surface area contributed by atoms with Gasteiger partial charge in [-0.15, -0.1) is 16.9 Å². The lowest BCUT2D eigenvalue weighted by atomic mass is 10.0. The van der Waals surface area contributed by atoms with Crippen LogP contribution in [0.2, 0.25) is 0 Å². The predicted molar refractivity (Wildman–Crippen MR) is 249 cm³/mol. The quantitative estimate of drug-likeness (QED) is 0.0564. The number of benzene rings is 5. The second-order valence-electron chi connectivity index (χ2n) is 12.9. The van der Waals surface area contributed by atoms with Crippen LogP contribution < -0.4 is 20.4 Å². The fourth-order valence-electron chi connectivity index (χ4n) is 6.36. The van der Waals surface area contributed by atoms with Gasteiger partial charge in [-0.2, -0.15) is 44.7 Å². The number of halogens is 2. The summed E-state index contributed by atoms with van der Waals surface area (Å²) in [6.07, 6.45) is 1.18. The summed E-state index contributed by atoms with van der Waals surface area (Å²) in [4.78, 5) is 82.0. The molecule has 0 aliphatic carbocycles. The topological polar surface area (TPSA) is 133 Å². The number of hydrogen-bond acceptors (Lipinski definition) is 6. The van der Waals surface area contributed by atoms with E-state index in [0.717, 1.165) is 21.8 Å². The molecule has 5 aromatic rings. The molecule has 2 aliphatic heterocycles. The molecule has 6 amide bonds. The number of carbonyl (C=O) groups excluding carboxylic acids is 6. The average Bonchev–Trinajstić information content (AvgIpc) is 3.67. The zero-order chi connectivity index (χ0) is 40.3. The third-order valence-electron chi connectivity index (χ3n) is 9.10. The molecule has 7 rings (SSSR count). The molecule has 0 bridgehead atoms. The summed E-state index contributed by atoms with van der Waals surface area (Å²) < 4.78 is 0. The fraction of sp³-hybridized carbons (Fsp3) is 0.122. The number of imide groups is 2. The van der Waals surface area contributed by atoms with Gasteiger partial charge in [0, 0.05) is 24.2 Å². The Balaban J connectivity index is 0.000000199. The molecule has 2 fully saturated rings. The molecule has 10 nitrogen and oxygen atoms in total. The van der Waals surface area contributed by atoms with E-state index in [1.54, 1.807) is 60.7 Å². The summed E-state index contributed by atoms with van der Waals surface area (Å²) in [7, 11) is 0.556. The Bertz CT molecular complexity index is 2280. The van der Waals surface area contributed by atoms with Crippen LogP contribution in [0.3, 0.4) is 0 Å². The number of amides is 6. The van der Waals surface area contributed by atoms with Gasteiger partial charge in [-0.3, -0.25) is 28.8 Å². The molecule has 284 valence electrons. The predicted octanol–water partition coefficient (Wildman–Crippen LogP) is 8.03. The van der Waals surface area contributed by atoms with Gasteiger partial charge in [0.1, 0.15) is 0 Å². The Hall–Kier alpha value is -4.23. The van der Waals surface area contributed by atoms with E-state index in [0.29, 0.717) is 33.9 Å². The molecule has 2 heterocycles. The first-order valence-electron chi connectivity index (χ1n) is 17.8. The minimum absolute atomic E-state index is 0.176. The number of nitrogens with zero attached hydrogens (tertiary/aromatic N) is 2. The van der Waals surface area contributed by atoms with Crippen LogP contribution >= 0.6 is 61.7 Å². The standard InChI is InChI=1S/C24H20BIN2O3P.C17H14BIN2O3P/c26-25-32-21-15-22(29)28(24(21)31)20-9-5-4-8-19(20)23(30)27-18-12-10-17(11-13-18)14-16-6-2-1-3-7-16;19-18-25-14-10-15(22)21(17(14)24)13-9-5-4-8-12(13)16(23)20-11-6-2-1-3-7-11/h1-13,21,32H,14-15H2,(H,27,30);1-9,14,25H,10H2,(H,20,23). The van der Waals surface area contributed by atoms with Crippen LogP contribution in [0, 0.1) is 0 Å². The van der Waals surface area contributed by atoms with Crippen molar-refractivity contribution in [3.8, 4) is 0 Å². The van der Waals surface area contributed by atoms with E-state index in [1.807, 2.05) is 70.4 Å². The Morgan fingerprint density at radius 1 is 0.544 bits per heavy atom. The van der Waals surface area contributed by atoms with Crippen molar-refractivity contribution in [3.05, 3.63) is 156 Å². The molecule has 57 heavy (non-hydrogen) atoms. The normalized spacial score (nSPS) is 16.6. The van der Waals surface area contributed by atoms with Crippen molar-refractivity contribution in [2.24, 2.45) is 0 Å². The van der Waals surface area contributed by atoms with Crippen LogP contribution in [0.4, 0.5) is 22.7 Å². The van der Waals surface area contributed by atoms with Gasteiger partial charge in [0.25, 0.3) is 11.8 Å². The first-order chi connectivity index (χ1) is 27.7. The highest BCUT2D eigenvalue weighted by molar-refractivity contribution is 14.1. The van der Waals surface area contributed by atoms with Crippen LogP contribution in [0.15, 0.2) is 133 Å². The molecule has 5 aromatic carbocycles. The van der Waals surface area contributed by atoms with Gasteiger partial charge in [0.2, 0.25) is 33.3 Å². The van der Waals surface area contributed by atoms with E-state index >= 15 is 0 Å². The SMILES string of the molecule is O=C(Nc1ccc(Cc2ccccc2)cc1)c1ccccc1N1C(=O)CC(P[B]I)C1=O.O=C(Nc1ccccc1)c1ccccc1N1C(=O)CC(P[B]I)C1=O. The number of para-hydroxylation sites is 3. The highest BCUT2D eigenvalue weighted by atomic mass is 127. The number of rotatable bonds is 12. The second kappa shape index (κ2) is 20.5. The molecule has 4 atom stereocenters. The van der Waals surface area contributed by atoms with Gasteiger partial charge >= 0.3 is 0 Å². The van der Waals surface area contributed by atoms with E-state index in [9.17, 15) is 28.8 Å². The van der Waals surface area contributed by atoms with Crippen molar-refractivity contribution in [3.63, 3.8) is 0 Å². The summed E-state index contributed by atoms with van der Waals surface area (Å²) in [5.74, 6) is -1.72. The van der Waals surface area contributed by atoms with Crippen molar-refractivity contribution in [2.75, 3.05) is 20.4 Å². The smallest absolute Gasteiger partial charge is 0.257 e. The number of nitrogens with one attached hydrogen (secondary N) is 2.